The molecule has 3 rings (SSSR count). The number of nitrogens with one attached hydrogen (secondary N) is 2. The van der Waals surface area contributed by atoms with E-state index in [0.29, 0.717) is 13.1 Å². The molecule has 3 N–H and O–H groups in total. The van der Waals surface area contributed by atoms with Gasteiger partial charge in [-0.3, -0.25) is 4.79 Å². The Balaban J connectivity index is 0.00000261. The highest BCUT2D eigenvalue weighted by atomic mass is 35.5. The molecular formula is C21H27ClN2O2S. The summed E-state index contributed by atoms with van der Waals surface area (Å²) in [6.45, 7) is 5.98. The third kappa shape index (κ3) is 5.72. The van der Waals surface area contributed by atoms with E-state index in [-0.39, 0.29) is 29.5 Å². The van der Waals surface area contributed by atoms with Gasteiger partial charge in [-0.1, -0.05) is 48.0 Å². The molecule has 3 atom stereocenters. The second-order valence-corrected chi connectivity index (χ2v) is 8.06. The lowest BCUT2D eigenvalue weighted by Crippen LogP contribution is -2.36. The molecule has 6 heteroatoms. The molecule has 0 saturated carbocycles. The quantitative estimate of drug-likeness (QED) is 0.644. The van der Waals surface area contributed by atoms with E-state index in [2.05, 4.69) is 42.7 Å². The largest absolute Gasteiger partial charge is 0.391 e. The van der Waals surface area contributed by atoms with Crippen molar-refractivity contribution in [2.75, 3.05) is 19.6 Å². The lowest BCUT2D eigenvalue weighted by Gasteiger charge is -2.20. The number of amides is 1. The Hall–Kier alpha value is -1.53. The van der Waals surface area contributed by atoms with Gasteiger partial charge < -0.3 is 15.7 Å². The summed E-state index contributed by atoms with van der Waals surface area (Å²) in [6, 6.07) is 16.2. The van der Waals surface area contributed by atoms with Gasteiger partial charge in [0, 0.05) is 30.4 Å². The van der Waals surface area contributed by atoms with Crippen molar-refractivity contribution in [3.63, 3.8) is 0 Å². The third-order valence-electron chi connectivity index (χ3n) is 4.76. The number of carbonyl (C=O) groups is 1. The minimum Gasteiger partial charge on any atom is -0.391 e. The summed E-state index contributed by atoms with van der Waals surface area (Å²) in [7, 11) is 0. The van der Waals surface area contributed by atoms with Gasteiger partial charge in [0.05, 0.1) is 6.10 Å². The Labute approximate surface area is 171 Å². The minimum absolute atomic E-state index is 0. The summed E-state index contributed by atoms with van der Waals surface area (Å²) in [5.41, 5.74) is 3.38. The first-order valence-corrected chi connectivity index (χ1v) is 9.88. The molecule has 1 amide bonds. The molecule has 1 heterocycles. The number of halogens is 1. The number of rotatable bonds is 6. The fraction of sp³-hybridized carbons (Fsp3) is 0.381. The molecule has 2 aromatic carbocycles. The highest BCUT2D eigenvalue weighted by molar-refractivity contribution is 8.00. The first kappa shape index (κ1) is 21.8. The molecule has 146 valence electrons. The van der Waals surface area contributed by atoms with Crippen molar-refractivity contribution < 1.29 is 9.90 Å². The average molecular weight is 407 g/mol. The number of hydrogen-bond acceptors (Lipinski definition) is 4. The number of aliphatic hydroxyl groups excluding tert-OH is 1. The van der Waals surface area contributed by atoms with Crippen molar-refractivity contribution in [3.8, 4) is 0 Å². The summed E-state index contributed by atoms with van der Waals surface area (Å²) in [4.78, 5) is 14.1. The maximum absolute atomic E-state index is 13.0. The van der Waals surface area contributed by atoms with Crippen LogP contribution in [0.4, 0.5) is 0 Å². The molecule has 2 aromatic rings. The third-order valence-corrected chi connectivity index (χ3v) is 6.19. The van der Waals surface area contributed by atoms with Crippen LogP contribution in [0.15, 0.2) is 53.4 Å². The van der Waals surface area contributed by atoms with E-state index >= 15 is 0 Å². The molecule has 0 spiro atoms. The topological polar surface area (TPSA) is 61.4 Å². The van der Waals surface area contributed by atoms with E-state index in [0.717, 1.165) is 17.0 Å². The summed E-state index contributed by atoms with van der Waals surface area (Å²) < 4.78 is 0. The fourth-order valence-corrected chi connectivity index (χ4v) is 4.34. The molecule has 0 bridgehead atoms. The van der Waals surface area contributed by atoms with Gasteiger partial charge >= 0.3 is 0 Å². The Morgan fingerprint density at radius 1 is 1.22 bits per heavy atom. The maximum Gasteiger partial charge on any atom is 0.238 e. The van der Waals surface area contributed by atoms with Gasteiger partial charge in [0.25, 0.3) is 0 Å². The molecule has 1 aliphatic heterocycles. The van der Waals surface area contributed by atoms with Crippen molar-refractivity contribution in [1.29, 1.82) is 0 Å². The summed E-state index contributed by atoms with van der Waals surface area (Å²) in [5, 5.41) is 15.8. The van der Waals surface area contributed by atoms with Crippen LogP contribution in [0.2, 0.25) is 0 Å². The van der Waals surface area contributed by atoms with E-state index in [1.807, 2.05) is 30.3 Å². The van der Waals surface area contributed by atoms with Crippen LogP contribution in [-0.2, 0) is 4.79 Å². The SMILES string of the molecule is Cc1ccc(SC(C(=O)NCC2CNCC2O)c2ccccc2)c(C)c1.Cl. The van der Waals surface area contributed by atoms with Gasteiger partial charge in [0.1, 0.15) is 5.25 Å². The fourth-order valence-electron chi connectivity index (χ4n) is 3.21. The summed E-state index contributed by atoms with van der Waals surface area (Å²) in [5.74, 6) is 0.0572. The Kier molecular flexibility index (Phi) is 8.17. The van der Waals surface area contributed by atoms with E-state index in [1.165, 1.54) is 11.1 Å². The molecule has 1 fully saturated rings. The monoisotopic (exact) mass is 406 g/mol. The number of aryl methyl sites for hydroxylation is 2. The highest BCUT2D eigenvalue weighted by Crippen LogP contribution is 2.37. The van der Waals surface area contributed by atoms with Crippen LogP contribution in [0, 0.1) is 19.8 Å². The van der Waals surface area contributed by atoms with Gasteiger partial charge in [0.2, 0.25) is 5.91 Å². The van der Waals surface area contributed by atoms with Crippen molar-refractivity contribution in [3.05, 3.63) is 65.2 Å². The molecular weight excluding hydrogens is 380 g/mol. The highest BCUT2D eigenvalue weighted by Gasteiger charge is 2.27. The number of hydrogen-bond donors (Lipinski definition) is 3. The van der Waals surface area contributed by atoms with E-state index in [4.69, 9.17) is 0 Å². The Morgan fingerprint density at radius 3 is 2.59 bits per heavy atom. The zero-order valence-electron chi connectivity index (χ0n) is 15.6. The first-order chi connectivity index (χ1) is 12.5. The number of aliphatic hydroxyl groups is 1. The van der Waals surface area contributed by atoms with E-state index < -0.39 is 6.10 Å². The van der Waals surface area contributed by atoms with Gasteiger partial charge in [-0.25, -0.2) is 0 Å². The van der Waals surface area contributed by atoms with Crippen molar-refractivity contribution in [2.24, 2.45) is 5.92 Å². The van der Waals surface area contributed by atoms with Crippen LogP contribution in [0.5, 0.6) is 0 Å². The van der Waals surface area contributed by atoms with Crippen LogP contribution in [-0.4, -0.2) is 36.8 Å². The van der Waals surface area contributed by atoms with Crippen LogP contribution in [0.3, 0.4) is 0 Å². The Morgan fingerprint density at radius 2 is 1.96 bits per heavy atom. The van der Waals surface area contributed by atoms with Gasteiger partial charge in [0.15, 0.2) is 0 Å². The standard InChI is InChI=1S/C21H26N2O2S.ClH/c1-14-8-9-19(15(2)10-14)26-20(16-6-4-3-5-7-16)21(25)23-12-17-11-22-13-18(17)24;/h3-10,17-18,20,22,24H,11-13H2,1-2H3,(H,23,25);1H. The normalized spacial score (nSPS) is 20.0. The lowest BCUT2D eigenvalue weighted by atomic mass is 10.1. The Bertz CT molecular complexity index is 757. The molecule has 3 unspecified atom stereocenters. The molecule has 27 heavy (non-hydrogen) atoms. The molecule has 1 aliphatic rings. The predicted octanol–water partition coefficient (Wildman–Crippen LogP) is 3.26. The van der Waals surface area contributed by atoms with Crippen molar-refractivity contribution in [2.45, 2.75) is 30.1 Å². The van der Waals surface area contributed by atoms with Gasteiger partial charge in [-0.2, -0.15) is 0 Å². The summed E-state index contributed by atoms with van der Waals surface area (Å²) >= 11 is 1.58. The maximum atomic E-state index is 13.0. The molecule has 0 aromatic heterocycles. The van der Waals surface area contributed by atoms with Crippen LogP contribution in [0.25, 0.3) is 0 Å². The molecule has 0 radical (unpaired) electrons. The number of thioether (sulfide) groups is 1. The van der Waals surface area contributed by atoms with Crippen LogP contribution < -0.4 is 10.6 Å². The average Bonchev–Trinajstić information content (AvgIpc) is 3.05. The summed E-state index contributed by atoms with van der Waals surface area (Å²) in [6.07, 6.45) is -0.391. The second-order valence-electron chi connectivity index (χ2n) is 6.91. The zero-order chi connectivity index (χ0) is 18.5. The van der Waals surface area contributed by atoms with Crippen molar-refractivity contribution >= 4 is 30.1 Å². The van der Waals surface area contributed by atoms with Crippen LogP contribution >= 0.6 is 24.2 Å². The van der Waals surface area contributed by atoms with Crippen LogP contribution in [0.1, 0.15) is 21.9 Å². The van der Waals surface area contributed by atoms with E-state index in [1.54, 1.807) is 11.8 Å². The second kappa shape index (κ2) is 10.1. The van der Waals surface area contributed by atoms with Gasteiger partial charge in [-0.05, 0) is 31.0 Å². The van der Waals surface area contributed by atoms with E-state index in [9.17, 15) is 9.90 Å². The molecule has 0 aliphatic carbocycles. The smallest absolute Gasteiger partial charge is 0.238 e. The molecule has 4 nitrogen and oxygen atoms in total. The number of carbonyl (C=O) groups excluding carboxylic acids is 1. The molecule has 1 saturated heterocycles. The lowest BCUT2D eigenvalue weighted by molar-refractivity contribution is -0.120. The van der Waals surface area contributed by atoms with Gasteiger partial charge in [-0.15, -0.1) is 24.2 Å². The predicted molar refractivity (Wildman–Crippen MR) is 114 cm³/mol. The minimum atomic E-state index is -0.391. The first-order valence-electron chi connectivity index (χ1n) is 9.00. The number of β-amino-alcohol motifs (C(OH)–C–C–N with tert-alkyl or cyclic N) is 1. The van der Waals surface area contributed by atoms with Crippen molar-refractivity contribution in [1.82, 2.24) is 10.6 Å². The number of benzene rings is 2. The zero-order valence-corrected chi connectivity index (χ0v) is 17.3.